The van der Waals surface area contributed by atoms with Crippen molar-refractivity contribution in [3.05, 3.63) is 28.2 Å². The molecule has 5 nitrogen and oxygen atoms in total. The first-order valence-corrected chi connectivity index (χ1v) is 11.3. The number of piperazine rings is 1. The van der Waals surface area contributed by atoms with Gasteiger partial charge in [-0.1, -0.05) is 29.3 Å². The van der Waals surface area contributed by atoms with E-state index in [1.807, 2.05) is 39.0 Å². The third kappa shape index (κ3) is 6.16. The van der Waals surface area contributed by atoms with E-state index < -0.39 is 5.60 Å². The van der Waals surface area contributed by atoms with E-state index in [-0.39, 0.29) is 12.1 Å². The second-order valence-electron chi connectivity index (χ2n) is 9.39. The minimum atomic E-state index is -0.443. The SMILES string of the molecule is CC1CN(CCC2CC(NC(=O)OC(C)(C)C)C2)CCN1c1cccc(Cl)c1Cl. The fourth-order valence-corrected chi connectivity index (χ4v) is 4.64. The van der Waals surface area contributed by atoms with Crippen LogP contribution in [0.5, 0.6) is 0 Å². The van der Waals surface area contributed by atoms with Gasteiger partial charge in [0.25, 0.3) is 0 Å². The Morgan fingerprint density at radius 3 is 2.62 bits per heavy atom. The van der Waals surface area contributed by atoms with Crippen LogP contribution in [0.2, 0.25) is 10.0 Å². The number of nitrogens with one attached hydrogen (secondary N) is 1. The van der Waals surface area contributed by atoms with Crippen molar-refractivity contribution in [3.8, 4) is 0 Å². The Hall–Kier alpha value is -1.17. The Morgan fingerprint density at radius 2 is 1.97 bits per heavy atom. The van der Waals surface area contributed by atoms with Crippen LogP contribution < -0.4 is 10.2 Å². The van der Waals surface area contributed by atoms with Gasteiger partial charge in [-0.05, 0) is 71.6 Å². The Bertz CT molecular complexity index is 716. The van der Waals surface area contributed by atoms with Gasteiger partial charge in [-0.2, -0.15) is 0 Å². The molecule has 162 valence electrons. The lowest BCUT2D eigenvalue weighted by Gasteiger charge is -2.43. The Morgan fingerprint density at radius 1 is 1.24 bits per heavy atom. The van der Waals surface area contributed by atoms with Crippen molar-refractivity contribution in [1.29, 1.82) is 0 Å². The topological polar surface area (TPSA) is 44.8 Å². The molecule has 1 aliphatic carbocycles. The van der Waals surface area contributed by atoms with Crippen molar-refractivity contribution >= 4 is 35.0 Å². The van der Waals surface area contributed by atoms with Crippen molar-refractivity contribution in [3.63, 3.8) is 0 Å². The summed E-state index contributed by atoms with van der Waals surface area (Å²) in [7, 11) is 0. The highest BCUT2D eigenvalue weighted by Crippen LogP contribution is 2.35. The molecular weight excluding hydrogens is 409 g/mol. The van der Waals surface area contributed by atoms with Crippen LogP contribution in [0.3, 0.4) is 0 Å². The zero-order valence-electron chi connectivity index (χ0n) is 17.9. The summed E-state index contributed by atoms with van der Waals surface area (Å²) < 4.78 is 5.33. The van der Waals surface area contributed by atoms with Gasteiger partial charge in [-0.3, -0.25) is 4.90 Å². The maximum Gasteiger partial charge on any atom is 0.407 e. The molecule has 7 heteroatoms. The van der Waals surface area contributed by atoms with Crippen LogP contribution >= 0.6 is 23.2 Å². The Labute approximate surface area is 184 Å². The standard InChI is InChI=1S/C22H33Cl2N3O2/c1-15-14-26(10-11-27(15)19-7-5-6-18(23)20(19)24)9-8-16-12-17(13-16)25-21(28)29-22(2,3)4/h5-7,15-17H,8-14H2,1-4H3,(H,25,28). The molecule has 1 aromatic carbocycles. The van der Waals surface area contributed by atoms with Gasteiger partial charge in [0.15, 0.2) is 0 Å². The van der Waals surface area contributed by atoms with Crippen LogP contribution in [0.25, 0.3) is 0 Å². The first kappa shape index (κ1) is 22.5. The lowest BCUT2D eigenvalue weighted by molar-refractivity contribution is 0.0444. The maximum atomic E-state index is 11.8. The summed E-state index contributed by atoms with van der Waals surface area (Å²) in [5.41, 5.74) is 0.586. The second-order valence-corrected chi connectivity index (χ2v) is 10.2. The number of carbonyl (C=O) groups is 1. The van der Waals surface area contributed by atoms with Crippen molar-refractivity contribution in [2.45, 2.75) is 64.6 Å². The van der Waals surface area contributed by atoms with Crippen LogP contribution in [0.15, 0.2) is 18.2 Å². The van der Waals surface area contributed by atoms with E-state index in [1.165, 1.54) is 6.42 Å². The summed E-state index contributed by atoms with van der Waals surface area (Å²) in [6.07, 6.45) is 2.97. The van der Waals surface area contributed by atoms with E-state index in [2.05, 4.69) is 22.0 Å². The van der Waals surface area contributed by atoms with Gasteiger partial charge < -0.3 is 15.0 Å². The number of carbonyl (C=O) groups excluding carboxylic acids is 1. The van der Waals surface area contributed by atoms with Crippen molar-refractivity contribution in [2.24, 2.45) is 5.92 Å². The number of alkyl carbamates (subject to hydrolysis) is 1. The van der Waals surface area contributed by atoms with Gasteiger partial charge >= 0.3 is 6.09 Å². The molecule has 1 aromatic rings. The summed E-state index contributed by atoms with van der Waals surface area (Å²) >= 11 is 12.6. The lowest BCUT2D eigenvalue weighted by Crippen LogP contribution is -2.53. The van der Waals surface area contributed by atoms with Crippen molar-refractivity contribution in [1.82, 2.24) is 10.2 Å². The summed E-state index contributed by atoms with van der Waals surface area (Å²) in [5, 5.41) is 4.23. The van der Waals surface area contributed by atoms with Gasteiger partial charge in [-0.25, -0.2) is 4.79 Å². The number of hydrogen-bond acceptors (Lipinski definition) is 4. The monoisotopic (exact) mass is 441 g/mol. The highest BCUT2D eigenvalue weighted by atomic mass is 35.5. The normalized spacial score (nSPS) is 25.4. The first-order chi connectivity index (χ1) is 13.6. The zero-order chi connectivity index (χ0) is 21.2. The van der Waals surface area contributed by atoms with Gasteiger partial charge in [0.2, 0.25) is 0 Å². The van der Waals surface area contributed by atoms with Crippen LogP contribution in [0.1, 0.15) is 47.0 Å². The third-order valence-electron chi connectivity index (χ3n) is 5.76. The number of halogens is 2. The Balaban J connectivity index is 1.38. The smallest absolute Gasteiger partial charge is 0.407 e. The molecule has 2 fully saturated rings. The summed E-state index contributed by atoms with van der Waals surface area (Å²) in [4.78, 5) is 16.7. The van der Waals surface area contributed by atoms with E-state index in [1.54, 1.807) is 0 Å². The third-order valence-corrected chi connectivity index (χ3v) is 6.57. The first-order valence-electron chi connectivity index (χ1n) is 10.5. The molecule has 1 atom stereocenters. The number of nitrogens with zero attached hydrogens (tertiary/aromatic N) is 2. The molecule has 0 aromatic heterocycles. The number of ether oxygens (including phenoxy) is 1. The Kier molecular flexibility index (Phi) is 7.23. The fraction of sp³-hybridized carbons (Fsp3) is 0.682. The van der Waals surface area contributed by atoms with Crippen molar-refractivity contribution in [2.75, 3.05) is 31.1 Å². The lowest BCUT2D eigenvalue weighted by atomic mass is 9.78. The maximum absolute atomic E-state index is 11.8. The highest BCUT2D eigenvalue weighted by Gasteiger charge is 2.32. The van der Waals surface area contributed by atoms with E-state index >= 15 is 0 Å². The molecular formula is C22H33Cl2N3O2. The minimum absolute atomic E-state index is 0.260. The summed E-state index contributed by atoms with van der Waals surface area (Å²) in [6.45, 7) is 12.0. The molecule has 1 N–H and O–H groups in total. The molecule has 3 rings (SSSR count). The van der Waals surface area contributed by atoms with E-state index in [9.17, 15) is 4.79 Å². The molecule has 0 bridgehead atoms. The molecule has 1 aliphatic heterocycles. The predicted molar refractivity (Wildman–Crippen MR) is 120 cm³/mol. The largest absolute Gasteiger partial charge is 0.444 e. The van der Waals surface area contributed by atoms with Crippen LogP contribution in [-0.2, 0) is 4.74 Å². The molecule has 1 amide bonds. The molecule has 1 saturated heterocycles. The predicted octanol–water partition coefficient (Wildman–Crippen LogP) is 5.20. The molecule has 0 radical (unpaired) electrons. The summed E-state index contributed by atoms with van der Waals surface area (Å²) in [5.74, 6) is 0.686. The summed E-state index contributed by atoms with van der Waals surface area (Å²) in [6, 6.07) is 6.49. The average Bonchev–Trinajstić information content (AvgIpc) is 2.58. The number of benzene rings is 1. The van der Waals surface area contributed by atoms with Gasteiger partial charge in [-0.15, -0.1) is 0 Å². The number of hydrogen-bond donors (Lipinski definition) is 1. The number of anilines is 1. The minimum Gasteiger partial charge on any atom is -0.444 e. The van der Waals surface area contributed by atoms with E-state index in [0.29, 0.717) is 22.0 Å². The molecule has 1 heterocycles. The van der Waals surface area contributed by atoms with Crippen LogP contribution in [0.4, 0.5) is 10.5 Å². The van der Waals surface area contributed by atoms with Crippen LogP contribution in [0, 0.1) is 5.92 Å². The van der Waals surface area contributed by atoms with Gasteiger partial charge in [0.1, 0.15) is 5.60 Å². The zero-order valence-corrected chi connectivity index (χ0v) is 19.4. The molecule has 1 saturated carbocycles. The van der Waals surface area contributed by atoms with Gasteiger partial charge in [0, 0.05) is 31.7 Å². The molecule has 2 aliphatic rings. The fourth-order valence-electron chi connectivity index (χ4n) is 4.24. The molecule has 29 heavy (non-hydrogen) atoms. The van der Waals surface area contributed by atoms with Gasteiger partial charge in [0.05, 0.1) is 15.7 Å². The van der Waals surface area contributed by atoms with E-state index in [0.717, 1.165) is 44.7 Å². The molecule has 0 spiro atoms. The second kappa shape index (κ2) is 9.32. The van der Waals surface area contributed by atoms with Crippen LogP contribution in [-0.4, -0.2) is 54.9 Å². The quantitative estimate of drug-likeness (QED) is 0.681. The van der Waals surface area contributed by atoms with E-state index in [4.69, 9.17) is 27.9 Å². The van der Waals surface area contributed by atoms with Crippen molar-refractivity contribution < 1.29 is 9.53 Å². The number of rotatable bonds is 5. The highest BCUT2D eigenvalue weighted by molar-refractivity contribution is 6.43. The average molecular weight is 442 g/mol. The molecule has 1 unspecified atom stereocenters. The number of amides is 1.